The largest absolute Gasteiger partial charge is 0.461 e. The van der Waals surface area contributed by atoms with Crippen molar-refractivity contribution in [3.05, 3.63) is 24.3 Å². The van der Waals surface area contributed by atoms with Gasteiger partial charge in [0.1, 0.15) is 9.76 Å². The molecule has 0 fully saturated rings. The van der Waals surface area contributed by atoms with Crippen molar-refractivity contribution in [1.82, 2.24) is 0 Å². The van der Waals surface area contributed by atoms with E-state index in [0.717, 1.165) is 0 Å². The zero-order chi connectivity index (χ0) is 13.1. The lowest BCUT2D eigenvalue weighted by Crippen LogP contribution is -2.26. The van der Waals surface area contributed by atoms with Crippen molar-refractivity contribution in [2.45, 2.75) is 53.9 Å². The highest BCUT2D eigenvalue weighted by atomic mass is 28.4. The van der Waals surface area contributed by atoms with Gasteiger partial charge in [-0.25, -0.2) is 0 Å². The summed E-state index contributed by atoms with van der Waals surface area (Å²) in [5.74, 6) is 0. The lowest BCUT2D eigenvalue weighted by molar-refractivity contribution is 0.603. The molecular weight excluding hydrogens is 216 g/mol. The first-order valence-corrected chi connectivity index (χ1v) is 10.8. The fraction of sp³-hybridized carbons (Fsp3) is 0.667. The lowest BCUT2D eigenvalue weighted by atomic mass is 10.4. The third-order valence-corrected chi connectivity index (χ3v) is 5.20. The molecule has 15 heavy (non-hydrogen) atoms. The molecule has 0 aliphatic heterocycles. The SMILES string of the molecule is C=C(C)C.C=C(C)C.C[SiH2]O[Si](C)(C)C. The van der Waals surface area contributed by atoms with Crippen LogP contribution in [0.2, 0.25) is 26.2 Å². The maximum Gasteiger partial charge on any atom is 0.169 e. The molecule has 0 saturated carbocycles. The van der Waals surface area contributed by atoms with Gasteiger partial charge < -0.3 is 4.12 Å². The van der Waals surface area contributed by atoms with E-state index < -0.39 is 8.32 Å². The van der Waals surface area contributed by atoms with E-state index in [-0.39, 0.29) is 9.76 Å². The molecule has 0 radical (unpaired) electrons. The van der Waals surface area contributed by atoms with E-state index in [0.29, 0.717) is 0 Å². The van der Waals surface area contributed by atoms with Crippen LogP contribution >= 0.6 is 0 Å². The molecule has 0 saturated heterocycles. The summed E-state index contributed by atoms with van der Waals surface area (Å²) >= 11 is 0. The first kappa shape index (κ1) is 20.3. The molecule has 0 aromatic rings. The Labute approximate surface area is 101 Å². The van der Waals surface area contributed by atoms with Crippen LogP contribution in [-0.4, -0.2) is 18.1 Å². The van der Waals surface area contributed by atoms with Crippen LogP contribution in [0.1, 0.15) is 27.7 Å². The zero-order valence-electron chi connectivity index (χ0n) is 12.0. The summed E-state index contributed by atoms with van der Waals surface area (Å²) < 4.78 is 5.51. The Kier molecular flexibility index (Phi) is 16.2. The molecule has 0 rings (SSSR count). The van der Waals surface area contributed by atoms with Crippen molar-refractivity contribution < 1.29 is 4.12 Å². The summed E-state index contributed by atoms with van der Waals surface area (Å²) in [4.78, 5) is 0. The summed E-state index contributed by atoms with van der Waals surface area (Å²) in [5, 5.41) is 0. The minimum atomic E-state index is -1.10. The predicted octanol–water partition coefficient (Wildman–Crippen LogP) is 4.13. The van der Waals surface area contributed by atoms with E-state index in [1.165, 1.54) is 11.1 Å². The third-order valence-electron chi connectivity index (χ3n) is 0.577. The Balaban J connectivity index is -0.000000155. The topological polar surface area (TPSA) is 9.23 Å². The average Bonchev–Trinajstić information content (AvgIpc) is 1.79. The molecule has 0 heterocycles. The van der Waals surface area contributed by atoms with E-state index >= 15 is 0 Å². The molecule has 0 aromatic carbocycles. The second-order valence-electron chi connectivity index (χ2n) is 4.96. The number of hydrogen-bond donors (Lipinski definition) is 0. The molecular formula is C12H30OSi2. The second-order valence-corrected chi connectivity index (χ2v) is 10.9. The van der Waals surface area contributed by atoms with Crippen LogP contribution in [-0.2, 0) is 4.12 Å². The number of hydrogen-bond acceptors (Lipinski definition) is 1. The van der Waals surface area contributed by atoms with Crippen LogP contribution in [0.3, 0.4) is 0 Å². The Morgan fingerprint density at radius 3 is 1.13 bits per heavy atom. The van der Waals surface area contributed by atoms with Crippen LogP contribution in [0.5, 0.6) is 0 Å². The molecule has 0 unspecified atom stereocenters. The minimum absolute atomic E-state index is 0.128. The Morgan fingerprint density at radius 2 is 1.13 bits per heavy atom. The number of rotatable bonds is 2. The fourth-order valence-electron chi connectivity index (χ4n) is 0.433. The van der Waals surface area contributed by atoms with Crippen molar-refractivity contribution in [3.63, 3.8) is 0 Å². The van der Waals surface area contributed by atoms with E-state index in [4.69, 9.17) is 4.12 Å². The molecule has 0 spiro atoms. The summed E-state index contributed by atoms with van der Waals surface area (Å²) in [7, 11) is -1.22. The Morgan fingerprint density at radius 1 is 0.933 bits per heavy atom. The van der Waals surface area contributed by atoms with E-state index in [1.54, 1.807) is 0 Å². The fourth-order valence-corrected chi connectivity index (χ4v) is 3.90. The van der Waals surface area contributed by atoms with Gasteiger partial charge in [-0.3, -0.25) is 0 Å². The summed E-state index contributed by atoms with van der Waals surface area (Å²) in [5.41, 5.74) is 2.33. The van der Waals surface area contributed by atoms with Crippen molar-refractivity contribution in [3.8, 4) is 0 Å². The van der Waals surface area contributed by atoms with Crippen LogP contribution in [0.15, 0.2) is 24.3 Å². The predicted molar refractivity (Wildman–Crippen MR) is 79.8 cm³/mol. The van der Waals surface area contributed by atoms with Crippen molar-refractivity contribution in [2.24, 2.45) is 0 Å². The molecule has 1 nitrogen and oxygen atoms in total. The zero-order valence-corrected chi connectivity index (χ0v) is 14.4. The van der Waals surface area contributed by atoms with Gasteiger partial charge in [-0.1, -0.05) is 17.7 Å². The maximum atomic E-state index is 5.51. The highest BCUT2D eigenvalue weighted by molar-refractivity contribution is 6.73. The molecule has 3 heteroatoms. The van der Waals surface area contributed by atoms with Crippen LogP contribution < -0.4 is 0 Å². The van der Waals surface area contributed by atoms with E-state index in [1.807, 2.05) is 27.7 Å². The molecule has 92 valence electrons. The monoisotopic (exact) mass is 246 g/mol. The van der Waals surface area contributed by atoms with Crippen LogP contribution in [0.4, 0.5) is 0 Å². The number of allylic oxidation sites excluding steroid dienone is 2. The highest BCUT2D eigenvalue weighted by Gasteiger charge is 2.10. The smallest absolute Gasteiger partial charge is 0.169 e. The van der Waals surface area contributed by atoms with Crippen LogP contribution in [0, 0.1) is 0 Å². The van der Waals surface area contributed by atoms with Crippen molar-refractivity contribution in [2.75, 3.05) is 0 Å². The molecule has 0 aliphatic carbocycles. The van der Waals surface area contributed by atoms with Crippen molar-refractivity contribution >= 4 is 18.1 Å². The summed E-state index contributed by atoms with van der Waals surface area (Å²) in [6, 6.07) is 0. The van der Waals surface area contributed by atoms with Gasteiger partial charge in [0, 0.05) is 0 Å². The van der Waals surface area contributed by atoms with Crippen LogP contribution in [0.25, 0.3) is 0 Å². The van der Waals surface area contributed by atoms with E-state index in [2.05, 4.69) is 39.3 Å². The van der Waals surface area contributed by atoms with Gasteiger partial charge in [-0.15, -0.1) is 13.2 Å². The minimum Gasteiger partial charge on any atom is -0.461 e. The summed E-state index contributed by atoms with van der Waals surface area (Å²) in [6.45, 7) is 23.9. The average molecular weight is 247 g/mol. The standard InChI is InChI=1S/C4H14OSi2.2C4H8/c1-6-5-7(2,3)4;2*1-4(2)3/h6H2,1-4H3;2*1H2,2-3H3. The van der Waals surface area contributed by atoms with Gasteiger partial charge in [0.15, 0.2) is 8.32 Å². The maximum absolute atomic E-state index is 5.51. The van der Waals surface area contributed by atoms with Gasteiger partial charge in [0.2, 0.25) is 0 Å². The Hall–Kier alpha value is -0.126. The quantitative estimate of drug-likeness (QED) is 0.526. The van der Waals surface area contributed by atoms with Gasteiger partial charge in [-0.05, 0) is 47.3 Å². The second kappa shape index (κ2) is 11.9. The molecule has 0 atom stereocenters. The van der Waals surface area contributed by atoms with Crippen molar-refractivity contribution in [1.29, 1.82) is 0 Å². The van der Waals surface area contributed by atoms with E-state index in [9.17, 15) is 0 Å². The molecule has 0 N–H and O–H groups in total. The van der Waals surface area contributed by atoms with Gasteiger partial charge in [0.25, 0.3) is 0 Å². The molecule has 0 bridgehead atoms. The Bertz CT molecular complexity index is 149. The lowest BCUT2D eigenvalue weighted by Gasteiger charge is -2.14. The highest BCUT2D eigenvalue weighted by Crippen LogP contribution is 1.99. The normalized spacial score (nSPS) is 9.87. The third kappa shape index (κ3) is 130. The molecule has 0 aromatic heterocycles. The first-order chi connectivity index (χ1) is 6.52. The molecule has 0 aliphatic rings. The molecule has 0 amide bonds. The van der Waals surface area contributed by atoms with Gasteiger partial charge >= 0.3 is 0 Å². The summed E-state index contributed by atoms with van der Waals surface area (Å²) in [6.07, 6.45) is 0. The van der Waals surface area contributed by atoms with Gasteiger partial charge in [-0.2, -0.15) is 0 Å². The van der Waals surface area contributed by atoms with Gasteiger partial charge in [0.05, 0.1) is 0 Å². The first-order valence-electron chi connectivity index (χ1n) is 5.41.